The van der Waals surface area contributed by atoms with Crippen LogP contribution in [0.15, 0.2) is 53.1 Å². The summed E-state index contributed by atoms with van der Waals surface area (Å²) in [6, 6.07) is 13.6. The van der Waals surface area contributed by atoms with Crippen LogP contribution in [0.1, 0.15) is 0 Å². The molecule has 3 rings (SSSR count). The summed E-state index contributed by atoms with van der Waals surface area (Å²) in [4.78, 5) is 8.05. The molecule has 20 heavy (non-hydrogen) atoms. The smallest absolute Gasteiger partial charge is 0.240 e. The predicted molar refractivity (Wildman–Crippen MR) is 81.6 cm³/mol. The number of nitrogens with one attached hydrogen (secondary N) is 1. The van der Waals surface area contributed by atoms with E-state index >= 15 is 0 Å². The molecule has 1 heterocycles. The van der Waals surface area contributed by atoms with Gasteiger partial charge in [-0.1, -0.05) is 30.3 Å². The van der Waals surface area contributed by atoms with Crippen molar-refractivity contribution in [2.45, 2.75) is 0 Å². The molecule has 1 aromatic heterocycles. The van der Waals surface area contributed by atoms with Crippen LogP contribution in [0.25, 0.3) is 10.8 Å². The summed E-state index contributed by atoms with van der Waals surface area (Å²) < 4.78 is 6.65. The van der Waals surface area contributed by atoms with Crippen molar-refractivity contribution in [1.82, 2.24) is 9.97 Å². The number of benzene rings is 2. The predicted octanol–water partition coefficient (Wildman–Crippen LogP) is 3.47. The largest absolute Gasteiger partial charge is 0.438 e. The second-order valence-electron chi connectivity index (χ2n) is 4.06. The Labute approximate surface area is 123 Å². The zero-order valence-corrected chi connectivity index (χ0v) is 12.0. The Morgan fingerprint density at radius 2 is 1.95 bits per heavy atom. The lowest BCUT2D eigenvalue weighted by Crippen LogP contribution is -2.10. The van der Waals surface area contributed by atoms with Gasteiger partial charge >= 0.3 is 0 Å². The average Bonchev–Trinajstić information content (AvgIpc) is 2.50. The van der Waals surface area contributed by atoms with E-state index in [9.17, 15) is 0 Å². The Kier molecular flexibility index (Phi) is 3.49. The second-order valence-corrected chi connectivity index (χ2v) is 4.86. The molecule has 6 heteroatoms. The monoisotopic (exact) mass is 330 g/mol. The molecule has 100 valence electrons. The maximum Gasteiger partial charge on any atom is 0.240 e. The molecule has 5 nitrogen and oxygen atoms in total. The molecule has 0 spiro atoms. The van der Waals surface area contributed by atoms with Gasteiger partial charge in [-0.3, -0.25) is 5.43 Å². The number of fused-ring (bicyclic) bond motifs is 1. The summed E-state index contributed by atoms with van der Waals surface area (Å²) in [6.07, 6.45) is 1.58. The summed E-state index contributed by atoms with van der Waals surface area (Å²) in [6.45, 7) is 0. The van der Waals surface area contributed by atoms with Gasteiger partial charge in [-0.25, -0.2) is 10.8 Å². The van der Waals surface area contributed by atoms with Crippen molar-refractivity contribution < 1.29 is 4.74 Å². The number of ether oxygens (including phenoxy) is 1. The summed E-state index contributed by atoms with van der Waals surface area (Å²) >= 11 is 3.57. The van der Waals surface area contributed by atoms with Crippen LogP contribution in [0.5, 0.6) is 11.6 Å². The number of nitrogen functional groups attached to an aromatic ring is 1. The first kappa shape index (κ1) is 12.8. The van der Waals surface area contributed by atoms with Crippen LogP contribution in [0.2, 0.25) is 0 Å². The first-order chi connectivity index (χ1) is 9.78. The number of hydrogen-bond donors (Lipinski definition) is 2. The highest BCUT2D eigenvalue weighted by Gasteiger charge is 2.08. The summed E-state index contributed by atoms with van der Waals surface area (Å²) in [5, 5.41) is 2.22. The molecule has 0 aliphatic rings. The second kappa shape index (κ2) is 5.44. The third kappa shape index (κ3) is 2.43. The van der Waals surface area contributed by atoms with Crippen molar-refractivity contribution in [2.75, 3.05) is 5.43 Å². The van der Waals surface area contributed by atoms with Crippen LogP contribution in [-0.4, -0.2) is 9.97 Å². The summed E-state index contributed by atoms with van der Waals surface area (Å²) in [7, 11) is 0. The van der Waals surface area contributed by atoms with E-state index in [0.29, 0.717) is 17.6 Å². The van der Waals surface area contributed by atoms with E-state index in [2.05, 4.69) is 31.3 Å². The number of rotatable bonds is 3. The number of hydrazine groups is 1. The van der Waals surface area contributed by atoms with Crippen LogP contribution >= 0.6 is 15.9 Å². The third-order valence-corrected chi connectivity index (χ3v) is 3.62. The molecule has 0 saturated heterocycles. The minimum atomic E-state index is 0.305. The normalized spacial score (nSPS) is 10.5. The molecule has 0 aliphatic heterocycles. The summed E-state index contributed by atoms with van der Waals surface area (Å²) in [5.74, 6) is 6.69. The van der Waals surface area contributed by atoms with Crippen LogP contribution in [0.3, 0.4) is 0 Å². The molecular formula is C14H11BrN4O. The highest BCUT2D eigenvalue weighted by molar-refractivity contribution is 9.10. The van der Waals surface area contributed by atoms with Crippen molar-refractivity contribution in [1.29, 1.82) is 0 Å². The fourth-order valence-electron chi connectivity index (χ4n) is 1.87. The average molecular weight is 331 g/mol. The van der Waals surface area contributed by atoms with Gasteiger partial charge in [0.15, 0.2) is 0 Å². The lowest BCUT2D eigenvalue weighted by Gasteiger charge is -2.09. The van der Waals surface area contributed by atoms with Gasteiger partial charge in [0.1, 0.15) is 5.75 Å². The number of halogens is 1. The van der Waals surface area contributed by atoms with Crippen LogP contribution < -0.4 is 16.0 Å². The zero-order valence-electron chi connectivity index (χ0n) is 10.4. The topological polar surface area (TPSA) is 73.1 Å². The Bertz CT molecular complexity index is 763. The standard InChI is InChI=1S/C14H11BrN4O/c15-13-10-4-2-1-3-9(10)5-6-11(13)20-12-7-8-17-14(18-12)19-16/h1-8H,16H2,(H,17,18,19). The molecule has 0 atom stereocenters. The van der Waals surface area contributed by atoms with Crippen LogP contribution in [-0.2, 0) is 0 Å². The minimum absolute atomic E-state index is 0.305. The quantitative estimate of drug-likeness (QED) is 0.568. The van der Waals surface area contributed by atoms with Gasteiger partial charge in [0.25, 0.3) is 0 Å². The first-order valence-corrected chi connectivity index (χ1v) is 6.72. The molecule has 0 bridgehead atoms. The van der Waals surface area contributed by atoms with Crippen molar-refractivity contribution in [3.05, 3.63) is 53.1 Å². The van der Waals surface area contributed by atoms with E-state index < -0.39 is 0 Å². The fraction of sp³-hybridized carbons (Fsp3) is 0. The van der Waals surface area contributed by atoms with Gasteiger partial charge in [-0.15, -0.1) is 0 Å². The Morgan fingerprint density at radius 3 is 2.80 bits per heavy atom. The van der Waals surface area contributed by atoms with Crippen LogP contribution in [0.4, 0.5) is 5.95 Å². The number of nitrogens with two attached hydrogens (primary N) is 1. The third-order valence-electron chi connectivity index (χ3n) is 2.80. The lowest BCUT2D eigenvalue weighted by atomic mass is 10.1. The molecule has 0 radical (unpaired) electrons. The first-order valence-electron chi connectivity index (χ1n) is 5.92. The van der Waals surface area contributed by atoms with Gasteiger partial charge < -0.3 is 4.74 Å². The SMILES string of the molecule is NNc1nccc(Oc2ccc3ccccc3c2Br)n1. The van der Waals surface area contributed by atoms with Crippen LogP contribution in [0, 0.1) is 0 Å². The van der Waals surface area contributed by atoms with Crippen molar-refractivity contribution in [2.24, 2.45) is 5.84 Å². The molecule has 3 N–H and O–H groups in total. The Morgan fingerprint density at radius 1 is 1.10 bits per heavy atom. The van der Waals surface area contributed by atoms with E-state index in [1.165, 1.54) is 0 Å². The van der Waals surface area contributed by atoms with Gasteiger partial charge in [0.2, 0.25) is 11.8 Å². The Hall–Kier alpha value is -2.18. The van der Waals surface area contributed by atoms with E-state index in [1.807, 2.05) is 36.4 Å². The van der Waals surface area contributed by atoms with Gasteiger partial charge in [-0.05, 0) is 32.8 Å². The molecule has 0 amide bonds. The van der Waals surface area contributed by atoms with E-state index in [0.717, 1.165) is 15.2 Å². The number of aromatic nitrogens is 2. The fourth-order valence-corrected chi connectivity index (χ4v) is 2.45. The maximum atomic E-state index is 5.77. The van der Waals surface area contributed by atoms with Crippen molar-refractivity contribution >= 4 is 32.7 Å². The minimum Gasteiger partial charge on any atom is -0.438 e. The van der Waals surface area contributed by atoms with Gasteiger partial charge in [-0.2, -0.15) is 4.98 Å². The molecule has 0 aliphatic carbocycles. The number of anilines is 1. The molecule has 0 saturated carbocycles. The highest BCUT2D eigenvalue weighted by Crippen LogP contribution is 2.35. The molecule has 0 fully saturated rings. The number of nitrogens with zero attached hydrogens (tertiary/aromatic N) is 2. The van der Waals surface area contributed by atoms with Gasteiger partial charge in [0.05, 0.1) is 4.47 Å². The highest BCUT2D eigenvalue weighted by atomic mass is 79.9. The Balaban J connectivity index is 2.00. The van der Waals surface area contributed by atoms with Gasteiger partial charge in [0, 0.05) is 12.3 Å². The lowest BCUT2D eigenvalue weighted by molar-refractivity contribution is 0.460. The van der Waals surface area contributed by atoms with Crippen molar-refractivity contribution in [3.8, 4) is 11.6 Å². The van der Waals surface area contributed by atoms with E-state index in [4.69, 9.17) is 10.6 Å². The van der Waals surface area contributed by atoms with E-state index in [-0.39, 0.29) is 0 Å². The molecule has 0 unspecified atom stereocenters. The maximum absolute atomic E-state index is 5.77. The van der Waals surface area contributed by atoms with Crippen molar-refractivity contribution in [3.63, 3.8) is 0 Å². The number of hydrogen-bond acceptors (Lipinski definition) is 5. The molecule has 2 aromatic carbocycles. The molecular weight excluding hydrogens is 320 g/mol. The van der Waals surface area contributed by atoms with E-state index in [1.54, 1.807) is 12.3 Å². The zero-order chi connectivity index (χ0) is 13.9. The molecule has 3 aromatic rings. The summed E-state index contributed by atoms with van der Waals surface area (Å²) in [5.41, 5.74) is 2.38.